The van der Waals surface area contributed by atoms with Crippen molar-refractivity contribution < 1.29 is 23.7 Å². The van der Waals surface area contributed by atoms with E-state index in [2.05, 4.69) is 0 Å². The van der Waals surface area contributed by atoms with Crippen LogP contribution in [0.3, 0.4) is 0 Å². The third-order valence-corrected chi connectivity index (χ3v) is 5.78. The molecule has 3 aromatic rings. The Morgan fingerprint density at radius 3 is 2.12 bits per heavy atom. The zero-order valence-electron chi connectivity index (χ0n) is 18.2. The molecular weight excluding hydrogens is 487 g/mol. The van der Waals surface area contributed by atoms with Crippen molar-refractivity contribution >= 4 is 46.7 Å². The highest BCUT2D eigenvalue weighted by Gasteiger charge is 2.11. The smallest absolute Gasteiger partial charge is 0.185 e. The first-order valence-corrected chi connectivity index (χ1v) is 10.9. The monoisotopic (exact) mass is 506 g/mol. The highest BCUT2D eigenvalue weighted by atomic mass is 35.5. The molecular formula is C25H21Cl3O5. The number of carbonyl (C=O) groups is 1. The van der Waals surface area contributed by atoms with Crippen LogP contribution in [-0.4, -0.2) is 27.1 Å². The van der Waals surface area contributed by atoms with E-state index >= 15 is 0 Å². The molecule has 0 spiro atoms. The first-order chi connectivity index (χ1) is 15.9. The van der Waals surface area contributed by atoms with Crippen LogP contribution in [0.2, 0.25) is 15.1 Å². The molecule has 3 rings (SSSR count). The number of allylic oxidation sites excluding steroid dienone is 1. The van der Waals surface area contributed by atoms with Crippen molar-refractivity contribution in [1.82, 2.24) is 0 Å². The first-order valence-electron chi connectivity index (χ1n) is 9.75. The van der Waals surface area contributed by atoms with Gasteiger partial charge in [0.05, 0.1) is 36.4 Å². The lowest BCUT2D eigenvalue weighted by atomic mass is 10.1. The summed E-state index contributed by atoms with van der Waals surface area (Å²) in [6.07, 6.45) is 3.21. The van der Waals surface area contributed by atoms with Crippen molar-refractivity contribution in [2.45, 2.75) is 6.61 Å². The second-order valence-corrected chi connectivity index (χ2v) is 8.05. The number of ether oxygens (including phenoxy) is 4. The van der Waals surface area contributed by atoms with E-state index in [1.54, 1.807) is 50.6 Å². The lowest BCUT2D eigenvalue weighted by Crippen LogP contribution is -2.00. The Hall–Kier alpha value is -2.86. The van der Waals surface area contributed by atoms with Gasteiger partial charge in [0.15, 0.2) is 17.3 Å². The Morgan fingerprint density at radius 2 is 1.42 bits per heavy atom. The number of carbonyl (C=O) groups excluding carboxylic acids is 1. The van der Waals surface area contributed by atoms with Crippen LogP contribution in [0.25, 0.3) is 6.08 Å². The molecule has 0 N–H and O–H groups in total. The maximum atomic E-state index is 12.6. The average Bonchev–Trinajstić information content (AvgIpc) is 2.83. The standard InChI is InChI=1S/C25H21Cl3O5/c1-30-22-8-5-15(4-7-21(29)16-6-9-23(31-2)25(11-16)32-3)10-17(22)14-33-24-13-19(27)18(26)12-20(24)28/h4-13H,14H2,1-3H3/b7-4+. The predicted molar refractivity (Wildman–Crippen MR) is 132 cm³/mol. The fourth-order valence-corrected chi connectivity index (χ4v) is 3.63. The van der Waals surface area contributed by atoms with E-state index in [1.165, 1.54) is 19.3 Å². The SMILES string of the molecule is COc1ccc(/C=C/C(=O)c2ccc(OC)c(OC)c2)cc1COc1cc(Cl)c(Cl)cc1Cl. The van der Waals surface area contributed by atoms with Gasteiger partial charge in [-0.2, -0.15) is 0 Å². The van der Waals surface area contributed by atoms with E-state index in [1.807, 2.05) is 12.1 Å². The zero-order valence-corrected chi connectivity index (χ0v) is 20.4. The minimum Gasteiger partial charge on any atom is -0.496 e. The van der Waals surface area contributed by atoms with E-state index in [0.29, 0.717) is 43.6 Å². The van der Waals surface area contributed by atoms with Crippen LogP contribution < -0.4 is 18.9 Å². The molecule has 0 bridgehead atoms. The molecule has 33 heavy (non-hydrogen) atoms. The summed E-state index contributed by atoms with van der Waals surface area (Å²) in [6, 6.07) is 13.6. The molecule has 0 aliphatic carbocycles. The average molecular weight is 508 g/mol. The summed E-state index contributed by atoms with van der Waals surface area (Å²) in [6.45, 7) is 0.173. The lowest BCUT2D eigenvalue weighted by Gasteiger charge is -2.13. The normalized spacial score (nSPS) is 10.8. The van der Waals surface area contributed by atoms with Crippen LogP contribution in [0, 0.1) is 0 Å². The minimum absolute atomic E-state index is 0.173. The highest BCUT2D eigenvalue weighted by molar-refractivity contribution is 6.43. The Labute approximate surface area is 207 Å². The Kier molecular flexibility index (Phi) is 8.50. The number of benzene rings is 3. The maximum absolute atomic E-state index is 12.6. The summed E-state index contributed by atoms with van der Waals surface area (Å²) >= 11 is 18.2. The quantitative estimate of drug-likeness (QED) is 0.175. The van der Waals surface area contributed by atoms with Gasteiger partial charge in [-0.3, -0.25) is 4.79 Å². The van der Waals surface area contributed by atoms with Crippen LogP contribution >= 0.6 is 34.8 Å². The molecule has 0 atom stereocenters. The molecule has 0 heterocycles. The van der Waals surface area contributed by atoms with Crippen LogP contribution in [0.4, 0.5) is 0 Å². The third kappa shape index (κ3) is 6.14. The minimum atomic E-state index is -0.174. The number of rotatable bonds is 9. The van der Waals surface area contributed by atoms with Gasteiger partial charge in [0.2, 0.25) is 0 Å². The second-order valence-electron chi connectivity index (χ2n) is 6.82. The number of hydrogen-bond donors (Lipinski definition) is 0. The van der Waals surface area contributed by atoms with Gasteiger partial charge in [0.25, 0.3) is 0 Å². The predicted octanol–water partition coefficient (Wildman–Crippen LogP) is 7.15. The molecule has 0 saturated carbocycles. The molecule has 0 unspecified atom stereocenters. The van der Waals surface area contributed by atoms with Crippen molar-refractivity contribution in [2.24, 2.45) is 0 Å². The summed E-state index contributed by atoms with van der Waals surface area (Å²) < 4.78 is 21.7. The summed E-state index contributed by atoms with van der Waals surface area (Å²) in [5.74, 6) is 1.90. The maximum Gasteiger partial charge on any atom is 0.185 e. The van der Waals surface area contributed by atoms with Crippen LogP contribution in [0.5, 0.6) is 23.0 Å². The van der Waals surface area contributed by atoms with E-state index in [9.17, 15) is 4.79 Å². The van der Waals surface area contributed by atoms with Gasteiger partial charge in [-0.15, -0.1) is 0 Å². The molecule has 0 radical (unpaired) electrons. The Bertz CT molecular complexity index is 1190. The van der Waals surface area contributed by atoms with Crippen molar-refractivity contribution in [3.8, 4) is 23.0 Å². The molecule has 0 amide bonds. The Morgan fingerprint density at radius 1 is 0.758 bits per heavy atom. The van der Waals surface area contributed by atoms with Gasteiger partial charge in [-0.25, -0.2) is 0 Å². The molecule has 5 nitrogen and oxygen atoms in total. The van der Waals surface area contributed by atoms with Gasteiger partial charge < -0.3 is 18.9 Å². The lowest BCUT2D eigenvalue weighted by molar-refractivity contribution is 0.104. The molecule has 0 aromatic heterocycles. The van der Waals surface area contributed by atoms with E-state index in [-0.39, 0.29) is 12.4 Å². The van der Waals surface area contributed by atoms with Gasteiger partial charge in [-0.05, 0) is 48.0 Å². The fraction of sp³-hybridized carbons (Fsp3) is 0.160. The number of halogens is 3. The summed E-state index contributed by atoms with van der Waals surface area (Å²) in [5.41, 5.74) is 2.04. The largest absolute Gasteiger partial charge is 0.496 e. The van der Waals surface area contributed by atoms with Crippen LogP contribution in [0.15, 0.2) is 54.6 Å². The molecule has 0 saturated heterocycles. The van der Waals surface area contributed by atoms with Crippen molar-refractivity contribution in [3.05, 3.63) is 86.4 Å². The van der Waals surface area contributed by atoms with Crippen molar-refractivity contribution in [1.29, 1.82) is 0 Å². The second kappa shape index (κ2) is 11.3. The molecule has 3 aromatic carbocycles. The third-order valence-electron chi connectivity index (χ3n) is 4.76. The summed E-state index contributed by atoms with van der Waals surface area (Å²) in [7, 11) is 4.63. The van der Waals surface area contributed by atoms with Crippen LogP contribution in [0.1, 0.15) is 21.5 Å². The van der Waals surface area contributed by atoms with Gasteiger partial charge in [0.1, 0.15) is 18.1 Å². The van der Waals surface area contributed by atoms with Crippen molar-refractivity contribution in [2.75, 3.05) is 21.3 Å². The van der Waals surface area contributed by atoms with Crippen LogP contribution in [-0.2, 0) is 6.61 Å². The Balaban J connectivity index is 1.78. The molecule has 172 valence electrons. The molecule has 8 heteroatoms. The van der Waals surface area contributed by atoms with Gasteiger partial charge >= 0.3 is 0 Å². The highest BCUT2D eigenvalue weighted by Crippen LogP contribution is 2.35. The molecule has 0 aliphatic heterocycles. The summed E-state index contributed by atoms with van der Waals surface area (Å²) in [5, 5.41) is 1.03. The number of ketones is 1. The van der Waals surface area contributed by atoms with Gasteiger partial charge in [-0.1, -0.05) is 46.9 Å². The molecule has 0 fully saturated rings. The fourth-order valence-electron chi connectivity index (χ4n) is 3.04. The first kappa shape index (κ1) is 24.8. The van der Waals surface area contributed by atoms with E-state index in [4.69, 9.17) is 53.8 Å². The summed E-state index contributed by atoms with van der Waals surface area (Å²) in [4.78, 5) is 12.6. The topological polar surface area (TPSA) is 54.0 Å². The number of methoxy groups -OCH3 is 3. The van der Waals surface area contributed by atoms with Crippen molar-refractivity contribution in [3.63, 3.8) is 0 Å². The van der Waals surface area contributed by atoms with Gasteiger partial charge in [0, 0.05) is 17.2 Å². The van der Waals surface area contributed by atoms with E-state index in [0.717, 1.165) is 11.1 Å². The number of hydrogen-bond acceptors (Lipinski definition) is 5. The zero-order chi connectivity index (χ0) is 24.0. The molecule has 0 aliphatic rings. The van der Waals surface area contributed by atoms with E-state index < -0.39 is 0 Å².